The highest BCUT2D eigenvalue weighted by atomic mass is 32.1. The van der Waals surface area contributed by atoms with Gasteiger partial charge in [0.15, 0.2) is 0 Å². The van der Waals surface area contributed by atoms with Crippen LogP contribution in [0, 0.1) is 0 Å². The van der Waals surface area contributed by atoms with E-state index in [9.17, 15) is 9.59 Å². The number of aliphatic hydroxyl groups is 1. The van der Waals surface area contributed by atoms with Crippen LogP contribution in [0.2, 0.25) is 0 Å². The zero-order valence-corrected chi connectivity index (χ0v) is 11.8. The molecular weight excluding hydrogens is 270 g/mol. The highest BCUT2D eigenvalue weighted by Gasteiger charge is 2.28. The van der Waals surface area contributed by atoms with Crippen LogP contribution in [0.1, 0.15) is 42.6 Å². The summed E-state index contributed by atoms with van der Waals surface area (Å²) >= 11 is 0.928. The molecule has 0 bridgehead atoms. The van der Waals surface area contributed by atoms with E-state index < -0.39 is 17.9 Å². The molecule has 1 amide bonds. The molecule has 1 rings (SSSR count). The van der Waals surface area contributed by atoms with E-state index in [1.165, 1.54) is 0 Å². The van der Waals surface area contributed by atoms with Gasteiger partial charge >= 0.3 is 5.97 Å². The van der Waals surface area contributed by atoms with Gasteiger partial charge in [-0.1, -0.05) is 25.3 Å². The van der Waals surface area contributed by atoms with Gasteiger partial charge in [0.2, 0.25) is 0 Å². The number of carbonyl (C=O) groups is 2. The Balaban J connectivity index is 2.89. The molecule has 1 aromatic rings. The van der Waals surface area contributed by atoms with E-state index in [1.54, 1.807) is 0 Å². The Morgan fingerprint density at radius 2 is 2.05 bits per heavy atom. The van der Waals surface area contributed by atoms with Crippen LogP contribution in [-0.4, -0.2) is 44.3 Å². The maximum absolute atomic E-state index is 12.0. The van der Waals surface area contributed by atoms with E-state index in [-0.39, 0.29) is 18.4 Å². The van der Waals surface area contributed by atoms with E-state index in [0.29, 0.717) is 10.6 Å². The van der Waals surface area contributed by atoms with Crippen LogP contribution in [0.15, 0.2) is 0 Å². The van der Waals surface area contributed by atoms with Gasteiger partial charge in [0.25, 0.3) is 5.91 Å². The van der Waals surface area contributed by atoms with Crippen LogP contribution in [0.4, 0.5) is 0 Å². The summed E-state index contributed by atoms with van der Waals surface area (Å²) in [7, 11) is 0. The number of carboxylic acids is 1. The predicted octanol–water partition coefficient (Wildman–Crippen LogP) is 0.401. The minimum absolute atomic E-state index is 0.0435. The first kappa shape index (κ1) is 15.5. The van der Waals surface area contributed by atoms with Crippen LogP contribution in [-0.2, 0) is 10.2 Å². The molecule has 3 N–H and O–H groups in total. The fraction of sp³-hybridized carbons (Fsp3) is 0.636. The van der Waals surface area contributed by atoms with Crippen molar-refractivity contribution in [3.05, 3.63) is 10.6 Å². The summed E-state index contributed by atoms with van der Waals surface area (Å²) in [5.74, 6) is -1.71. The summed E-state index contributed by atoms with van der Waals surface area (Å²) in [6.07, 6.45) is -0.0435. The molecule has 1 aromatic heterocycles. The van der Waals surface area contributed by atoms with Gasteiger partial charge in [0, 0.05) is 18.4 Å². The van der Waals surface area contributed by atoms with E-state index in [4.69, 9.17) is 10.2 Å². The lowest BCUT2D eigenvalue weighted by molar-refractivity contribution is -0.139. The van der Waals surface area contributed by atoms with Crippen LogP contribution in [0.25, 0.3) is 0 Å². The number of carbonyl (C=O) groups excluding carboxylic acids is 1. The molecule has 0 aromatic carbocycles. The predicted molar refractivity (Wildman–Crippen MR) is 69.2 cm³/mol. The Bertz CT molecular complexity index is 467. The Morgan fingerprint density at radius 1 is 1.42 bits per heavy atom. The van der Waals surface area contributed by atoms with E-state index in [1.807, 2.05) is 20.8 Å². The average molecular weight is 287 g/mol. The van der Waals surface area contributed by atoms with Gasteiger partial charge in [0.05, 0.1) is 5.69 Å². The van der Waals surface area contributed by atoms with E-state index in [2.05, 4.69) is 14.9 Å². The Hall–Kier alpha value is -1.54. The second kappa shape index (κ2) is 6.07. The van der Waals surface area contributed by atoms with E-state index >= 15 is 0 Å². The number of hydrogen-bond acceptors (Lipinski definition) is 6. The first-order chi connectivity index (χ1) is 8.77. The van der Waals surface area contributed by atoms with Crippen LogP contribution < -0.4 is 5.32 Å². The smallest absolute Gasteiger partial charge is 0.326 e. The van der Waals surface area contributed by atoms with Gasteiger partial charge in [-0.25, -0.2) is 4.79 Å². The quantitative estimate of drug-likeness (QED) is 0.722. The summed E-state index contributed by atoms with van der Waals surface area (Å²) < 4.78 is 3.74. The minimum atomic E-state index is -1.18. The fourth-order valence-electron chi connectivity index (χ4n) is 1.44. The zero-order valence-electron chi connectivity index (χ0n) is 11.0. The van der Waals surface area contributed by atoms with Gasteiger partial charge < -0.3 is 15.5 Å². The molecule has 8 heteroatoms. The molecule has 1 unspecified atom stereocenters. The number of nitrogens with zero attached hydrogens (tertiary/aromatic N) is 2. The van der Waals surface area contributed by atoms with Crippen LogP contribution in [0.3, 0.4) is 0 Å². The second-order valence-corrected chi connectivity index (χ2v) is 5.83. The number of rotatable bonds is 5. The zero-order chi connectivity index (χ0) is 14.6. The first-order valence-corrected chi connectivity index (χ1v) is 6.52. The lowest BCUT2D eigenvalue weighted by atomic mass is 9.91. The number of carboxylic acid groups (broad SMARTS) is 1. The third-order valence-electron chi connectivity index (χ3n) is 2.43. The lowest BCUT2D eigenvalue weighted by Gasteiger charge is -2.17. The topological polar surface area (TPSA) is 112 Å². The number of nitrogens with one attached hydrogen (secondary N) is 1. The van der Waals surface area contributed by atoms with Gasteiger partial charge in [-0.3, -0.25) is 4.79 Å². The Labute approximate surface area is 114 Å². The lowest BCUT2D eigenvalue weighted by Crippen LogP contribution is -2.41. The van der Waals surface area contributed by atoms with Crippen molar-refractivity contribution in [1.82, 2.24) is 14.9 Å². The highest BCUT2D eigenvalue weighted by Crippen LogP contribution is 2.25. The molecule has 0 saturated carbocycles. The summed E-state index contributed by atoms with van der Waals surface area (Å²) in [6, 6.07) is -1.12. The third kappa shape index (κ3) is 3.97. The maximum atomic E-state index is 12.0. The number of aliphatic carboxylic acids is 1. The summed E-state index contributed by atoms with van der Waals surface area (Å²) in [5, 5.41) is 24.0. The van der Waals surface area contributed by atoms with E-state index in [0.717, 1.165) is 11.5 Å². The summed E-state index contributed by atoms with van der Waals surface area (Å²) in [5.41, 5.74) is 0.179. The molecule has 0 aliphatic heterocycles. The number of amides is 1. The number of hydrogen-bond donors (Lipinski definition) is 3. The van der Waals surface area contributed by atoms with Crippen molar-refractivity contribution in [2.24, 2.45) is 0 Å². The van der Waals surface area contributed by atoms with Gasteiger partial charge in [-0.05, 0) is 11.5 Å². The van der Waals surface area contributed by atoms with Crippen LogP contribution >= 0.6 is 11.5 Å². The van der Waals surface area contributed by atoms with Gasteiger partial charge in [-0.15, -0.1) is 5.10 Å². The molecule has 0 radical (unpaired) electrons. The monoisotopic (exact) mass is 287 g/mol. The van der Waals surface area contributed by atoms with Crippen LogP contribution in [0.5, 0.6) is 0 Å². The third-order valence-corrected chi connectivity index (χ3v) is 3.15. The Kier molecular flexibility index (Phi) is 4.96. The van der Waals surface area contributed by atoms with Crippen molar-refractivity contribution in [2.75, 3.05) is 6.61 Å². The summed E-state index contributed by atoms with van der Waals surface area (Å²) in [4.78, 5) is 23.3. The second-order valence-electron chi connectivity index (χ2n) is 5.08. The standard InChI is InChI=1S/C11H17N3O4S/c1-11(2,3)8-7(19-14-13-8)9(16)12-6(4-5-15)10(17)18/h6,15H,4-5H2,1-3H3,(H,12,16)(H,17,18). The molecule has 1 atom stereocenters. The van der Waals surface area contributed by atoms with Crippen molar-refractivity contribution in [3.8, 4) is 0 Å². The number of aliphatic hydroxyl groups excluding tert-OH is 1. The average Bonchev–Trinajstić information content (AvgIpc) is 2.76. The van der Waals surface area contributed by atoms with Crippen molar-refractivity contribution in [3.63, 3.8) is 0 Å². The van der Waals surface area contributed by atoms with Crippen molar-refractivity contribution >= 4 is 23.4 Å². The van der Waals surface area contributed by atoms with Crippen molar-refractivity contribution in [2.45, 2.75) is 38.6 Å². The first-order valence-electron chi connectivity index (χ1n) is 5.74. The normalized spacial score (nSPS) is 13.1. The van der Waals surface area contributed by atoms with Gasteiger partial charge in [-0.2, -0.15) is 0 Å². The highest BCUT2D eigenvalue weighted by molar-refractivity contribution is 7.08. The summed E-state index contributed by atoms with van der Waals surface area (Å²) in [6.45, 7) is 5.36. The Morgan fingerprint density at radius 3 is 2.53 bits per heavy atom. The molecule has 0 fully saturated rings. The largest absolute Gasteiger partial charge is 0.480 e. The minimum Gasteiger partial charge on any atom is -0.480 e. The molecule has 0 aliphatic carbocycles. The molecule has 106 valence electrons. The van der Waals surface area contributed by atoms with Gasteiger partial charge in [0.1, 0.15) is 10.9 Å². The molecule has 7 nitrogen and oxygen atoms in total. The molecule has 0 saturated heterocycles. The maximum Gasteiger partial charge on any atom is 0.326 e. The van der Waals surface area contributed by atoms with Crippen molar-refractivity contribution in [1.29, 1.82) is 0 Å². The fourth-order valence-corrected chi connectivity index (χ4v) is 2.22. The molecular formula is C11H17N3O4S. The molecule has 19 heavy (non-hydrogen) atoms. The molecule has 0 spiro atoms. The SMILES string of the molecule is CC(C)(C)c1nnsc1C(=O)NC(CCO)C(=O)O. The molecule has 1 heterocycles. The van der Waals surface area contributed by atoms with Crippen molar-refractivity contribution < 1.29 is 19.8 Å². The number of aromatic nitrogens is 2. The molecule has 0 aliphatic rings.